The van der Waals surface area contributed by atoms with E-state index >= 15 is 0 Å². The highest BCUT2D eigenvalue weighted by Gasteiger charge is 2.28. The fourth-order valence-corrected chi connectivity index (χ4v) is 14.7. The molecule has 0 bridgehead atoms. The number of benzene rings is 8. The zero-order valence-corrected chi connectivity index (χ0v) is 63.2. The van der Waals surface area contributed by atoms with Crippen LogP contribution >= 0.6 is 22.7 Å². The Morgan fingerprint density at radius 1 is 0.470 bits per heavy atom. The van der Waals surface area contributed by atoms with E-state index in [1.165, 1.54) is 76.6 Å². The standard InChI is InChI=1S/C13H14.2C12H13N.C12H16.C11H13NO.C10H11NS.C10H12O2.C9H10N2S/c1-10(2)12-9-5-7-11-6-3-4-8-13(11)12;1-9(2)10-7-8-13-12-6-4-3-5-11(10)12;1-9(2)12-11-6-4-3-5-10(11)7-8-13-12;1-9(2)11-8-7-10-5-3-4-6-12(10)11;1-8(2)12-10-6-4-3-5-9(10)7-11(12)13;1-7(2)10-11-8-5-3-4-6-9(8)12-10;1-7(2)8-3-4-9-10(5-8)12-6-11-9;1-6(2)8-9-7(3-4-12-9)10-5-11-8/h3-10H,1-2H3;2*3-9H,1-2H3;3-6,9,11H,7-8H2,1-2H3;3-6,8H,7H2,1-2H3;3-7H,1-2H3;3-5,7H,6H2,1-2H3;3-6H,1-2H3. The van der Waals surface area contributed by atoms with E-state index in [0.717, 1.165) is 56.8 Å². The molecule has 0 N–H and O–H groups in total. The topological polar surface area (TPSA) is 103 Å². The van der Waals surface area contributed by atoms with Crippen LogP contribution in [0.1, 0.15) is 208 Å². The van der Waals surface area contributed by atoms with E-state index in [2.05, 4.69) is 273 Å². The highest BCUT2D eigenvalue weighted by atomic mass is 32.1. The minimum absolute atomic E-state index is 0.219. The molecule has 1 unspecified atom stereocenters. The Morgan fingerprint density at radius 3 is 1.75 bits per heavy atom. The minimum Gasteiger partial charge on any atom is -0.454 e. The van der Waals surface area contributed by atoms with Gasteiger partial charge in [-0.1, -0.05) is 243 Å². The molecule has 2 aliphatic heterocycles. The quantitative estimate of drug-likeness (QED) is 0.148. The Kier molecular flexibility index (Phi) is 27.2. The normalized spacial score (nSPS) is 13.2. The zero-order chi connectivity index (χ0) is 71.4. The van der Waals surface area contributed by atoms with E-state index in [1.54, 1.807) is 40.1 Å². The number of carbonyl (C=O) groups excluding carboxylic acids is 1. The number of hydrogen-bond donors (Lipinski definition) is 0. The number of hydrogen-bond acceptors (Lipinski definition) is 10. The second-order valence-corrected chi connectivity index (χ2v) is 30.1. The van der Waals surface area contributed by atoms with Crippen LogP contribution in [0.4, 0.5) is 5.69 Å². The average molecular weight is 1370 g/mol. The van der Waals surface area contributed by atoms with E-state index in [0.29, 0.717) is 48.7 Å². The summed E-state index contributed by atoms with van der Waals surface area (Å²) < 4.78 is 13.0. The SMILES string of the molecule is CC(C)C1CCc2ccccc21.CC(C)N1C(=O)Cc2ccccc21.CC(C)c1ccc2c(c1)OCO2.CC(C)c1cccc2ccccc12.CC(C)c1ccnc2ccccc12.CC(C)c1nc2ccccc2s1.CC(C)c1nccc2ccccc12.CC(C)c1ncnc2ccsc12. The molecular weight excluding hydrogens is 1270 g/mol. The number of pyridine rings is 2. The molecule has 0 spiro atoms. The summed E-state index contributed by atoms with van der Waals surface area (Å²) in [7, 11) is 0. The van der Waals surface area contributed by atoms with Gasteiger partial charge in [0.1, 0.15) is 6.33 Å². The van der Waals surface area contributed by atoms with Crippen LogP contribution in [0.3, 0.4) is 0 Å². The first-order chi connectivity index (χ1) is 48.2. The number of ether oxygens (including phenoxy) is 2. The molecule has 11 heteroatoms. The number of amides is 1. The lowest BCUT2D eigenvalue weighted by Crippen LogP contribution is -2.33. The van der Waals surface area contributed by atoms with Crippen molar-refractivity contribution in [3.8, 4) is 11.5 Å². The van der Waals surface area contributed by atoms with Gasteiger partial charge in [-0.15, -0.1) is 22.7 Å². The van der Waals surface area contributed by atoms with Gasteiger partial charge in [-0.25, -0.2) is 15.0 Å². The van der Waals surface area contributed by atoms with Crippen molar-refractivity contribution in [2.45, 2.75) is 178 Å². The van der Waals surface area contributed by atoms with Crippen LogP contribution < -0.4 is 14.4 Å². The summed E-state index contributed by atoms with van der Waals surface area (Å²) in [5.74, 6) is 6.80. The van der Waals surface area contributed by atoms with E-state index in [1.807, 2.05) is 85.7 Å². The number of anilines is 1. The number of aryl methyl sites for hydroxylation is 1. The number of aromatic nitrogens is 5. The molecule has 0 saturated heterocycles. The molecule has 0 radical (unpaired) electrons. The number of rotatable bonds is 8. The summed E-state index contributed by atoms with van der Waals surface area (Å²) in [5, 5.41) is 9.86. The fraction of sp³-hybridized carbons (Fsp3) is 0.326. The summed E-state index contributed by atoms with van der Waals surface area (Å²) in [6, 6.07) is 69.5. The van der Waals surface area contributed by atoms with Crippen molar-refractivity contribution in [3.05, 3.63) is 274 Å². The highest BCUT2D eigenvalue weighted by Crippen LogP contribution is 2.39. The minimum atomic E-state index is 0.219. The van der Waals surface area contributed by atoms with Crippen molar-refractivity contribution >= 4 is 87.1 Å². The Labute approximate surface area is 603 Å². The summed E-state index contributed by atoms with van der Waals surface area (Å²) in [6.07, 6.45) is 8.63. The van der Waals surface area contributed by atoms with Crippen molar-refractivity contribution in [1.29, 1.82) is 0 Å². The summed E-state index contributed by atoms with van der Waals surface area (Å²) in [5.41, 5.74) is 15.2. The van der Waals surface area contributed by atoms with Gasteiger partial charge in [0.25, 0.3) is 0 Å². The lowest BCUT2D eigenvalue weighted by molar-refractivity contribution is -0.117. The molecule has 0 fully saturated rings. The average Bonchev–Trinajstić information content (AvgIpc) is 0.910. The lowest BCUT2D eigenvalue weighted by Gasteiger charge is -2.21. The lowest BCUT2D eigenvalue weighted by atomic mass is 9.90. The molecule has 0 saturated carbocycles. The summed E-state index contributed by atoms with van der Waals surface area (Å²) >= 11 is 3.51. The number of para-hydroxylation sites is 3. The van der Waals surface area contributed by atoms with Crippen LogP contribution in [0.2, 0.25) is 0 Å². The zero-order valence-electron chi connectivity index (χ0n) is 61.6. The smallest absolute Gasteiger partial charge is 0.231 e. The van der Waals surface area contributed by atoms with Gasteiger partial charge in [-0.3, -0.25) is 14.8 Å². The molecule has 7 heterocycles. The van der Waals surface area contributed by atoms with Crippen molar-refractivity contribution in [3.63, 3.8) is 0 Å². The molecule has 16 rings (SSSR count). The van der Waals surface area contributed by atoms with Gasteiger partial charge in [0, 0.05) is 40.8 Å². The van der Waals surface area contributed by atoms with Gasteiger partial charge in [0.05, 0.1) is 48.8 Å². The largest absolute Gasteiger partial charge is 0.454 e. The first kappa shape index (κ1) is 75.1. The number of nitrogens with zero attached hydrogens (tertiary/aromatic N) is 6. The molecule has 5 aromatic heterocycles. The molecule has 13 aromatic rings. The molecule has 8 aromatic carbocycles. The predicted molar refractivity (Wildman–Crippen MR) is 427 cm³/mol. The third kappa shape index (κ3) is 19.6. The third-order valence-electron chi connectivity index (χ3n) is 18.0. The Balaban J connectivity index is 0.000000133. The number of thiazole rings is 1. The fourth-order valence-electron chi connectivity index (χ4n) is 12.7. The number of thiophene rings is 1. The first-order valence-corrected chi connectivity index (χ1v) is 37.4. The maximum absolute atomic E-state index is 11.6. The van der Waals surface area contributed by atoms with Gasteiger partial charge in [0.15, 0.2) is 11.5 Å². The summed E-state index contributed by atoms with van der Waals surface area (Å²) in [4.78, 5) is 35.2. The van der Waals surface area contributed by atoms with Gasteiger partial charge < -0.3 is 14.4 Å². The third-order valence-corrected chi connectivity index (χ3v) is 20.3. The molecule has 9 nitrogen and oxygen atoms in total. The van der Waals surface area contributed by atoms with Crippen LogP contribution in [0.15, 0.2) is 224 Å². The Bertz CT molecular complexity index is 4490. The maximum atomic E-state index is 11.6. The van der Waals surface area contributed by atoms with Gasteiger partial charge in [-0.05, 0) is 178 Å². The number of carbonyl (C=O) groups is 1. The molecule has 3 aliphatic rings. The predicted octanol–water partition coefficient (Wildman–Crippen LogP) is 24.8. The van der Waals surface area contributed by atoms with Crippen LogP contribution in [-0.4, -0.2) is 43.7 Å². The van der Waals surface area contributed by atoms with Crippen molar-refractivity contribution in [1.82, 2.24) is 24.9 Å². The Hall–Kier alpha value is -9.16. The van der Waals surface area contributed by atoms with Crippen molar-refractivity contribution in [2.24, 2.45) is 5.92 Å². The monoisotopic (exact) mass is 1370 g/mol. The second-order valence-electron chi connectivity index (χ2n) is 28.1. The second kappa shape index (κ2) is 36.3. The van der Waals surface area contributed by atoms with Crippen molar-refractivity contribution < 1.29 is 14.3 Å². The van der Waals surface area contributed by atoms with Crippen LogP contribution in [-0.2, 0) is 17.6 Å². The number of fused-ring (bicyclic) bond motifs is 8. The molecule has 1 aliphatic carbocycles. The molecule has 1 atom stereocenters. The van der Waals surface area contributed by atoms with E-state index < -0.39 is 0 Å². The van der Waals surface area contributed by atoms with Gasteiger partial charge >= 0.3 is 0 Å². The van der Waals surface area contributed by atoms with E-state index in [4.69, 9.17) is 9.47 Å². The Morgan fingerprint density at radius 2 is 1.07 bits per heavy atom. The van der Waals surface area contributed by atoms with Crippen LogP contribution in [0.25, 0.3) is 52.9 Å². The first-order valence-electron chi connectivity index (χ1n) is 35.7. The van der Waals surface area contributed by atoms with E-state index in [9.17, 15) is 4.79 Å². The molecule has 1 amide bonds. The van der Waals surface area contributed by atoms with Crippen LogP contribution in [0.5, 0.6) is 11.5 Å². The summed E-state index contributed by atoms with van der Waals surface area (Å²) in [6.45, 7) is 35.3. The van der Waals surface area contributed by atoms with Gasteiger partial charge in [0.2, 0.25) is 12.7 Å². The van der Waals surface area contributed by atoms with Crippen molar-refractivity contribution in [2.75, 3.05) is 11.7 Å². The highest BCUT2D eigenvalue weighted by molar-refractivity contribution is 7.18. The molecule has 518 valence electrons. The molecular formula is C89H102N6O3S2. The maximum Gasteiger partial charge on any atom is 0.231 e. The van der Waals surface area contributed by atoms with Crippen LogP contribution in [0, 0.1) is 5.92 Å². The molecule has 100 heavy (non-hydrogen) atoms. The van der Waals surface area contributed by atoms with Gasteiger partial charge in [-0.2, -0.15) is 0 Å². The van der Waals surface area contributed by atoms with E-state index in [-0.39, 0.29) is 11.9 Å².